The van der Waals surface area contributed by atoms with Crippen LogP contribution in [0.2, 0.25) is 0 Å². The van der Waals surface area contributed by atoms with E-state index in [0.717, 1.165) is 45.0 Å². The van der Waals surface area contributed by atoms with Crippen LogP contribution in [-0.2, 0) is 4.74 Å². The molecule has 0 atom stereocenters. The zero-order chi connectivity index (χ0) is 13.5. The van der Waals surface area contributed by atoms with Gasteiger partial charge in [0.05, 0.1) is 17.5 Å². The predicted molar refractivity (Wildman–Crippen MR) is 88.4 cm³/mol. The van der Waals surface area contributed by atoms with Crippen LogP contribution >= 0.6 is 12.2 Å². The summed E-state index contributed by atoms with van der Waals surface area (Å²) in [5.74, 6) is 0. The van der Waals surface area contributed by atoms with Gasteiger partial charge in [0.15, 0.2) is 0 Å². The maximum Gasteiger partial charge on any atom is 0.0741 e. The van der Waals surface area contributed by atoms with Crippen LogP contribution in [0.25, 0.3) is 0 Å². The molecule has 1 aliphatic heterocycles. The lowest BCUT2D eigenvalue weighted by atomic mass is 10.2. The Labute approximate surface area is 127 Å². The van der Waals surface area contributed by atoms with Crippen LogP contribution in [0.3, 0.4) is 0 Å². The molecule has 0 bridgehead atoms. The van der Waals surface area contributed by atoms with Crippen molar-refractivity contribution in [2.75, 3.05) is 51.3 Å². The molecule has 5 heteroatoms. The zero-order valence-electron chi connectivity index (χ0n) is 11.2. The molecule has 0 aromatic heterocycles. The fourth-order valence-electron chi connectivity index (χ4n) is 2.24. The van der Waals surface area contributed by atoms with Crippen molar-refractivity contribution in [3.8, 4) is 0 Å². The van der Waals surface area contributed by atoms with Gasteiger partial charge in [-0.1, -0.05) is 7.43 Å². The SMILES string of the molecule is C.COCCN1CCN(c2ccc(N=C=S)cc2)CC1. The molecule has 1 aromatic rings. The maximum atomic E-state index is 5.11. The lowest BCUT2D eigenvalue weighted by molar-refractivity contribution is 0.144. The summed E-state index contributed by atoms with van der Waals surface area (Å²) in [7, 11) is 1.75. The fraction of sp³-hybridized carbons (Fsp3) is 0.533. The maximum absolute atomic E-state index is 5.11. The van der Waals surface area contributed by atoms with Crippen LogP contribution in [0, 0.1) is 0 Å². The summed E-state index contributed by atoms with van der Waals surface area (Å²) in [5.41, 5.74) is 2.10. The first kappa shape index (κ1) is 16.8. The third kappa shape index (κ3) is 4.69. The second-order valence-electron chi connectivity index (χ2n) is 4.54. The molecule has 4 nitrogen and oxygen atoms in total. The number of aliphatic imine (C=N–C) groups is 1. The summed E-state index contributed by atoms with van der Waals surface area (Å²) in [5, 5.41) is 2.38. The number of benzene rings is 1. The predicted octanol–water partition coefficient (Wildman–Crippen LogP) is 2.83. The molecule has 1 saturated heterocycles. The van der Waals surface area contributed by atoms with Crippen LogP contribution < -0.4 is 4.90 Å². The molecule has 20 heavy (non-hydrogen) atoms. The molecule has 0 saturated carbocycles. The number of ether oxygens (including phenoxy) is 1. The first-order valence-electron chi connectivity index (χ1n) is 6.47. The second-order valence-corrected chi connectivity index (χ2v) is 4.72. The zero-order valence-corrected chi connectivity index (χ0v) is 12.0. The number of nitrogens with zero attached hydrogens (tertiary/aromatic N) is 3. The third-order valence-electron chi connectivity index (χ3n) is 3.37. The number of anilines is 1. The Balaban J connectivity index is 0.00000200. The van der Waals surface area contributed by atoms with E-state index in [1.54, 1.807) is 7.11 Å². The Bertz CT molecular complexity index is 435. The van der Waals surface area contributed by atoms with Gasteiger partial charge >= 0.3 is 0 Å². The Kier molecular flexibility index (Phi) is 7.41. The van der Waals surface area contributed by atoms with Crippen molar-refractivity contribution in [3.05, 3.63) is 24.3 Å². The van der Waals surface area contributed by atoms with Crippen LogP contribution in [0.5, 0.6) is 0 Å². The van der Waals surface area contributed by atoms with E-state index in [9.17, 15) is 0 Å². The number of isothiocyanates is 1. The van der Waals surface area contributed by atoms with Crippen LogP contribution in [0.4, 0.5) is 11.4 Å². The molecule has 1 heterocycles. The molecule has 0 amide bonds. The lowest BCUT2D eigenvalue weighted by Gasteiger charge is -2.36. The van der Waals surface area contributed by atoms with E-state index in [1.165, 1.54) is 5.69 Å². The van der Waals surface area contributed by atoms with Gasteiger partial charge in [-0.15, -0.1) is 0 Å². The second kappa shape index (κ2) is 8.82. The highest BCUT2D eigenvalue weighted by molar-refractivity contribution is 7.78. The Morgan fingerprint density at radius 1 is 1.20 bits per heavy atom. The van der Waals surface area contributed by atoms with Gasteiger partial charge in [-0.3, -0.25) is 4.90 Å². The topological polar surface area (TPSA) is 28.1 Å². The van der Waals surface area contributed by atoms with Crippen LogP contribution in [0.15, 0.2) is 29.3 Å². The molecule has 2 rings (SSSR count). The summed E-state index contributed by atoms with van der Waals surface area (Å²) < 4.78 is 5.11. The van der Waals surface area contributed by atoms with Crippen molar-refractivity contribution in [3.63, 3.8) is 0 Å². The molecule has 0 N–H and O–H groups in total. The molecule has 0 unspecified atom stereocenters. The number of thiocarbonyl (C=S) groups is 1. The number of hydrogen-bond donors (Lipinski definition) is 0. The van der Waals surface area contributed by atoms with Gasteiger partial charge in [0.25, 0.3) is 0 Å². The summed E-state index contributed by atoms with van der Waals surface area (Å²) in [6, 6.07) is 8.14. The summed E-state index contributed by atoms with van der Waals surface area (Å²) in [6.45, 7) is 6.11. The molecule has 110 valence electrons. The lowest BCUT2D eigenvalue weighted by Crippen LogP contribution is -2.47. The molecular formula is C15H23N3OS. The molecule has 1 aromatic carbocycles. The molecule has 0 spiro atoms. The van der Waals surface area contributed by atoms with E-state index >= 15 is 0 Å². The molecular weight excluding hydrogens is 270 g/mol. The van der Waals surface area contributed by atoms with E-state index in [1.807, 2.05) is 12.1 Å². The third-order valence-corrected chi connectivity index (χ3v) is 3.46. The monoisotopic (exact) mass is 293 g/mol. The standard InChI is InChI=1S/C14H19N3OS.CH4/c1-18-11-10-16-6-8-17(9-7-16)14-4-2-13(3-5-14)15-12-19;/h2-5H,6-11H2,1H3;1H4. The van der Waals surface area contributed by atoms with E-state index in [-0.39, 0.29) is 7.43 Å². The van der Waals surface area contributed by atoms with E-state index in [4.69, 9.17) is 4.74 Å². The Hall–Kier alpha value is -1.26. The van der Waals surface area contributed by atoms with Crippen molar-refractivity contribution >= 4 is 28.8 Å². The van der Waals surface area contributed by atoms with Gasteiger partial charge in [-0.05, 0) is 36.5 Å². The van der Waals surface area contributed by atoms with Crippen molar-refractivity contribution < 1.29 is 4.74 Å². The fourth-order valence-corrected chi connectivity index (χ4v) is 2.35. The van der Waals surface area contributed by atoms with E-state index in [0.29, 0.717) is 0 Å². The number of hydrogen-bond acceptors (Lipinski definition) is 5. The van der Waals surface area contributed by atoms with Gasteiger partial charge in [-0.2, -0.15) is 4.99 Å². The van der Waals surface area contributed by atoms with Gasteiger partial charge in [0.2, 0.25) is 0 Å². The molecule has 1 fully saturated rings. The van der Waals surface area contributed by atoms with Gasteiger partial charge in [0.1, 0.15) is 0 Å². The average molecular weight is 293 g/mol. The van der Waals surface area contributed by atoms with Crippen LogP contribution in [-0.4, -0.2) is 56.5 Å². The van der Waals surface area contributed by atoms with Crippen molar-refractivity contribution in [2.45, 2.75) is 7.43 Å². The Morgan fingerprint density at radius 2 is 1.85 bits per heavy atom. The van der Waals surface area contributed by atoms with Crippen molar-refractivity contribution in [1.82, 2.24) is 4.90 Å². The van der Waals surface area contributed by atoms with E-state index < -0.39 is 0 Å². The van der Waals surface area contributed by atoms with Gasteiger partial charge in [0, 0.05) is 45.5 Å². The number of methoxy groups -OCH3 is 1. The minimum absolute atomic E-state index is 0. The summed E-state index contributed by atoms with van der Waals surface area (Å²) in [4.78, 5) is 8.80. The highest BCUT2D eigenvalue weighted by Crippen LogP contribution is 2.20. The number of rotatable bonds is 5. The van der Waals surface area contributed by atoms with Gasteiger partial charge in [-0.25, -0.2) is 0 Å². The average Bonchev–Trinajstić information content (AvgIpc) is 2.47. The summed E-state index contributed by atoms with van der Waals surface area (Å²) in [6.07, 6.45) is 0. The normalized spacial score (nSPS) is 15.3. The summed E-state index contributed by atoms with van der Waals surface area (Å²) >= 11 is 4.60. The highest BCUT2D eigenvalue weighted by Gasteiger charge is 2.16. The van der Waals surface area contributed by atoms with Crippen molar-refractivity contribution in [1.29, 1.82) is 0 Å². The Morgan fingerprint density at radius 3 is 2.40 bits per heavy atom. The molecule has 0 radical (unpaired) electrons. The van der Waals surface area contributed by atoms with Crippen LogP contribution in [0.1, 0.15) is 7.43 Å². The first-order chi connectivity index (χ1) is 9.33. The van der Waals surface area contributed by atoms with Crippen molar-refractivity contribution in [2.24, 2.45) is 4.99 Å². The largest absolute Gasteiger partial charge is 0.383 e. The molecule has 0 aliphatic carbocycles. The van der Waals surface area contributed by atoms with Gasteiger partial charge < -0.3 is 9.64 Å². The number of piperazine rings is 1. The smallest absolute Gasteiger partial charge is 0.0741 e. The highest BCUT2D eigenvalue weighted by atomic mass is 32.1. The minimum Gasteiger partial charge on any atom is -0.383 e. The quantitative estimate of drug-likeness (QED) is 0.616. The minimum atomic E-state index is 0. The first-order valence-corrected chi connectivity index (χ1v) is 6.88. The van der Waals surface area contributed by atoms with E-state index in [2.05, 4.69) is 44.3 Å². The molecule has 1 aliphatic rings.